The molecule has 1 aliphatic heterocycles. The topological polar surface area (TPSA) is 24.4 Å². The first-order valence-electron chi connectivity index (χ1n) is 6.80. The molecule has 1 spiro atoms. The maximum atomic E-state index is 4.95. The molecule has 0 unspecified atom stereocenters. The Balaban J connectivity index is 1.57. The van der Waals surface area contributed by atoms with Crippen LogP contribution < -0.4 is 5.32 Å². The Labute approximate surface area is 121 Å². The van der Waals surface area contributed by atoms with Crippen molar-refractivity contribution in [3.63, 3.8) is 0 Å². The second kappa shape index (κ2) is 4.53. The number of benzene rings is 1. The van der Waals surface area contributed by atoms with Crippen LogP contribution in [-0.4, -0.2) is 16.5 Å². The first kappa shape index (κ1) is 11.8. The van der Waals surface area contributed by atoms with Crippen LogP contribution in [0.15, 0.2) is 34.6 Å². The van der Waals surface area contributed by atoms with E-state index in [1.54, 1.807) is 11.3 Å². The Kier molecular flexibility index (Phi) is 2.81. The molecule has 1 aliphatic carbocycles. The fourth-order valence-corrected chi connectivity index (χ4v) is 4.98. The number of anilines is 1. The highest BCUT2D eigenvalue weighted by Gasteiger charge is 2.38. The normalized spacial score (nSPS) is 21.2. The van der Waals surface area contributed by atoms with Gasteiger partial charge in [-0.1, -0.05) is 24.6 Å². The van der Waals surface area contributed by atoms with Crippen molar-refractivity contribution in [1.82, 2.24) is 0 Å². The molecule has 0 amide bonds. The van der Waals surface area contributed by atoms with Crippen LogP contribution in [0.3, 0.4) is 0 Å². The average molecular weight is 288 g/mol. The molecule has 0 saturated heterocycles. The van der Waals surface area contributed by atoms with Crippen molar-refractivity contribution < 1.29 is 0 Å². The van der Waals surface area contributed by atoms with E-state index in [0.717, 1.165) is 16.6 Å². The van der Waals surface area contributed by atoms with Crippen molar-refractivity contribution in [2.45, 2.75) is 31.2 Å². The summed E-state index contributed by atoms with van der Waals surface area (Å²) in [6, 6.07) is 8.73. The molecular weight excluding hydrogens is 272 g/mol. The number of hydrogen-bond acceptors (Lipinski definition) is 4. The van der Waals surface area contributed by atoms with Gasteiger partial charge in [0.05, 0.1) is 5.54 Å². The molecule has 2 nitrogen and oxygen atoms in total. The number of rotatable bonds is 1. The van der Waals surface area contributed by atoms with Crippen LogP contribution in [0, 0.1) is 0 Å². The molecule has 0 atom stereocenters. The van der Waals surface area contributed by atoms with Gasteiger partial charge >= 0.3 is 0 Å². The third-order valence-electron chi connectivity index (χ3n) is 4.05. The smallest absolute Gasteiger partial charge is 0.161 e. The van der Waals surface area contributed by atoms with Gasteiger partial charge in [-0.05, 0) is 47.9 Å². The number of amidine groups is 1. The summed E-state index contributed by atoms with van der Waals surface area (Å²) in [6.07, 6.45) is 5.24. The lowest BCUT2D eigenvalue weighted by molar-refractivity contribution is 0.508. The second-order valence-corrected chi connectivity index (χ2v) is 7.35. The van der Waals surface area contributed by atoms with E-state index in [4.69, 9.17) is 4.99 Å². The summed E-state index contributed by atoms with van der Waals surface area (Å²) >= 11 is 3.67. The fraction of sp³-hybridized carbons (Fsp3) is 0.400. The van der Waals surface area contributed by atoms with Crippen molar-refractivity contribution in [2.24, 2.45) is 4.99 Å². The SMILES string of the molecule is c1cc2cc(NC3=NC4(CCCC4)CS3)ccc2s1. The van der Waals surface area contributed by atoms with E-state index < -0.39 is 0 Å². The number of hydrogen-bond donors (Lipinski definition) is 1. The number of thioether (sulfide) groups is 1. The third-order valence-corrected chi connectivity index (χ3v) is 6.10. The molecule has 2 heterocycles. The van der Waals surface area contributed by atoms with Gasteiger partial charge in [-0.15, -0.1) is 11.3 Å². The highest BCUT2D eigenvalue weighted by Crippen LogP contribution is 2.41. The van der Waals surface area contributed by atoms with E-state index >= 15 is 0 Å². The zero-order valence-electron chi connectivity index (χ0n) is 10.7. The number of nitrogens with one attached hydrogen (secondary N) is 1. The molecule has 19 heavy (non-hydrogen) atoms. The third kappa shape index (κ3) is 2.17. The van der Waals surface area contributed by atoms with Gasteiger partial charge in [-0.2, -0.15) is 0 Å². The van der Waals surface area contributed by atoms with Gasteiger partial charge in [0.15, 0.2) is 5.17 Å². The second-order valence-electron chi connectivity index (χ2n) is 5.44. The molecular formula is C15H16N2S2. The Morgan fingerprint density at radius 2 is 2.05 bits per heavy atom. The summed E-state index contributed by atoms with van der Waals surface area (Å²) in [4.78, 5) is 4.95. The summed E-state index contributed by atoms with van der Waals surface area (Å²) in [5.41, 5.74) is 1.42. The Morgan fingerprint density at radius 3 is 2.95 bits per heavy atom. The Hall–Kier alpha value is -1.00. The number of thiophene rings is 1. The van der Waals surface area contributed by atoms with Gasteiger partial charge in [0.2, 0.25) is 0 Å². The average Bonchev–Trinajstić information content (AvgIpc) is 3.12. The largest absolute Gasteiger partial charge is 0.335 e. The van der Waals surface area contributed by atoms with E-state index in [-0.39, 0.29) is 5.54 Å². The molecule has 4 rings (SSSR count). The molecule has 98 valence electrons. The molecule has 1 N–H and O–H groups in total. The summed E-state index contributed by atoms with van der Waals surface area (Å²) in [6.45, 7) is 0. The first-order chi connectivity index (χ1) is 9.33. The van der Waals surface area contributed by atoms with E-state index in [2.05, 4.69) is 35.0 Å². The molecule has 2 aromatic rings. The molecule has 1 saturated carbocycles. The van der Waals surface area contributed by atoms with Gasteiger partial charge in [0, 0.05) is 16.1 Å². The highest BCUT2D eigenvalue weighted by atomic mass is 32.2. The molecule has 1 aromatic heterocycles. The van der Waals surface area contributed by atoms with Gasteiger partial charge in [0.25, 0.3) is 0 Å². The van der Waals surface area contributed by atoms with Crippen molar-refractivity contribution in [2.75, 3.05) is 11.1 Å². The highest BCUT2D eigenvalue weighted by molar-refractivity contribution is 8.14. The zero-order chi connectivity index (χ0) is 12.7. The minimum Gasteiger partial charge on any atom is -0.335 e. The lowest BCUT2D eigenvalue weighted by atomic mass is 10.0. The van der Waals surface area contributed by atoms with E-state index in [1.165, 1.54) is 35.8 Å². The summed E-state index contributed by atoms with van der Waals surface area (Å²) < 4.78 is 1.35. The van der Waals surface area contributed by atoms with Crippen molar-refractivity contribution >= 4 is 44.0 Å². The van der Waals surface area contributed by atoms with Crippen LogP contribution >= 0.6 is 23.1 Å². The number of nitrogens with zero attached hydrogens (tertiary/aromatic N) is 1. The van der Waals surface area contributed by atoms with Crippen LogP contribution in [0.1, 0.15) is 25.7 Å². The van der Waals surface area contributed by atoms with Crippen LogP contribution in [0.2, 0.25) is 0 Å². The molecule has 0 radical (unpaired) electrons. The minimum absolute atomic E-state index is 0.263. The van der Waals surface area contributed by atoms with Crippen molar-refractivity contribution in [3.05, 3.63) is 29.6 Å². The lowest BCUT2D eigenvalue weighted by Gasteiger charge is -2.16. The van der Waals surface area contributed by atoms with Gasteiger partial charge in [-0.25, -0.2) is 0 Å². The van der Waals surface area contributed by atoms with Crippen molar-refractivity contribution in [3.8, 4) is 0 Å². The number of fused-ring (bicyclic) bond motifs is 1. The van der Waals surface area contributed by atoms with E-state index in [1.807, 2.05) is 11.8 Å². The summed E-state index contributed by atoms with van der Waals surface area (Å²) in [5, 5.41) is 8.06. The van der Waals surface area contributed by atoms with Gasteiger partial charge < -0.3 is 5.32 Å². The molecule has 0 bridgehead atoms. The van der Waals surface area contributed by atoms with Gasteiger partial charge in [0.1, 0.15) is 0 Å². The molecule has 4 heteroatoms. The molecule has 2 aliphatic rings. The van der Waals surface area contributed by atoms with Crippen molar-refractivity contribution in [1.29, 1.82) is 0 Å². The van der Waals surface area contributed by atoms with Crippen LogP contribution in [0.5, 0.6) is 0 Å². The molecule has 1 aromatic carbocycles. The lowest BCUT2D eigenvalue weighted by Crippen LogP contribution is -2.21. The molecule has 1 fully saturated rings. The quantitative estimate of drug-likeness (QED) is 0.820. The fourth-order valence-electron chi connectivity index (χ4n) is 3.00. The first-order valence-corrected chi connectivity index (χ1v) is 8.67. The number of aliphatic imine (C=N–C) groups is 1. The maximum Gasteiger partial charge on any atom is 0.161 e. The van der Waals surface area contributed by atoms with Crippen LogP contribution in [0.25, 0.3) is 10.1 Å². The van der Waals surface area contributed by atoms with Crippen LogP contribution in [0.4, 0.5) is 5.69 Å². The Morgan fingerprint density at radius 1 is 1.16 bits per heavy atom. The van der Waals surface area contributed by atoms with Gasteiger partial charge in [-0.3, -0.25) is 4.99 Å². The minimum atomic E-state index is 0.263. The predicted molar refractivity (Wildman–Crippen MR) is 86.5 cm³/mol. The van der Waals surface area contributed by atoms with E-state index in [9.17, 15) is 0 Å². The standard InChI is InChI=1S/C15H16N2S2/c1-2-7-15(6-1)10-19-14(17-15)16-12-3-4-13-11(9-12)5-8-18-13/h3-5,8-9H,1-2,6-7,10H2,(H,16,17). The van der Waals surface area contributed by atoms with Crippen LogP contribution in [-0.2, 0) is 0 Å². The predicted octanol–water partition coefficient (Wildman–Crippen LogP) is 4.73. The maximum absolute atomic E-state index is 4.95. The Bertz CT molecular complexity index is 638. The zero-order valence-corrected chi connectivity index (χ0v) is 12.3. The monoisotopic (exact) mass is 288 g/mol. The summed E-state index contributed by atoms with van der Waals surface area (Å²) in [7, 11) is 0. The van der Waals surface area contributed by atoms with E-state index in [0.29, 0.717) is 0 Å². The summed E-state index contributed by atoms with van der Waals surface area (Å²) in [5.74, 6) is 1.16.